The molecule has 0 saturated heterocycles. The van der Waals surface area contributed by atoms with Crippen molar-refractivity contribution in [3.8, 4) is 5.75 Å². The molecular weight excluding hydrogens is 303 g/mol. The molecule has 1 rings (SSSR count). The van der Waals surface area contributed by atoms with Gasteiger partial charge in [-0.25, -0.2) is 0 Å². The fourth-order valence-corrected chi connectivity index (χ4v) is 1.62. The smallest absolute Gasteiger partial charge is 0.367 e. The van der Waals surface area contributed by atoms with Crippen LogP contribution in [-0.2, 0) is 10.1 Å². The third kappa shape index (κ3) is 2.82. The molecule has 0 radical (unpaired) electrons. The highest BCUT2D eigenvalue weighted by atomic mass is 35.5. The van der Waals surface area contributed by atoms with Gasteiger partial charge in [0.15, 0.2) is 0 Å². The van der Waals surface area contributed by atoms with Gasteiger partial charge in [0.05, 0.1) is 9.95 Å². The Morgan fingerprint density at radius 1 is 1.33 bits per heavy atom. The molecule has 0 aliphatic heterocycles. The van der Waals surface area contributed by atoms with Crippen molar-refractivity contribution in [1.82, 2.24) is 0 Å². The van der Waals surface area contributed by atoms with Crippen LogP contribution in [0.3, 0.4) is 0 Å². The summed E-state index contributed by atoms with van der Waals surface area (Å²) in [5, 5.41) is 9.87. The van der Waals surface area contributed by atoms with Crippen molar-refractivity contribution in [1.29, 1.82) is 0 Å². The van der Waals surface area contributed by atoms with Crippen molar-refractivity contribution >= 4 is 27.4 Å². The zero-order valence-electron chi connectivity index (χ0n) is 8.14. The molecule has 0 aliphatic rings. The molecule has 0 unspecified atom stereocenters. The van der Waals surface area contributed by atoms with Crippen LogP contribution in [0.15, 0.2) is 18.2 Å². The Morgan fingerprint density at radius 2 is 1.89 bits per heavy atom. The van der Waals surface area contributed by atoms with E-state index >= 15 is 0 Å². The molecule has 0 bridgehead atoms. The number of alkyl halides is 3. The normalized spacial score (nSPS) is 12.2. The second-order valence-electron chi connectivity index (χ2n) is 2.83. The van der Waals surface area contributed by atoms with E-state index in [-0.39, 0.29) is 0 Å². The summed E-state index contributed by atoms with van der Waals surface area (Å²) in [5.74, 6) is -1.18. The summed E-state index contributed by atoms with van der Waals surface area (Å²) in [6.45, 7) is 0. The average molecular weight is 306 g/mol. The summed E-state index contributed by atoms with van der Waals surface area (Å²) in [7, 11) is -6.02. The maximum Gasteiger partial charge on any atom is 0.534 e. The van der Waals surface area contributed by atoms with Crippen LogP contribution in [0.1, 0.15) is 0 Å². The van der Waals surface area contributed by atoms with E-state index < -0.39 is 37.0 Å². The van der Waals surface area contributed by atoms with Gasteiger partial charge in [-0.1, -0.05) is 17.7 Å². The molecule has 6 nitrogen and oxygen atoms in total. The number of benzene rings is 1. The number of hydrogen-bond acceptors (Lipinski definition) is 5. The van der Waals surface area contributed by atoms with Crippen molar-refractivity contribution in [3.63, 3.8) is 0 Å². The van der Waals surface area contributed by atoms with E-state index in [1.807, 2.05) is 0 Å². The van der Waals surface area contributed by atoms with Gasteiger partial charge in [0.2, 0.25) is 5.75 Å². The van der Waals surface area contributed by atoms with E-state index in [0.717, 1.165) is 18.2 Å². The van der Waals surface area contributed by atoms with Gasteiger partial charge in [-0.2, -0.15) is 21.6 Å². The molecule has 0 N–H and O–H groups in total. The van der Waals surface area contributed by atoms with Crippen molar-refractivity contribution in [2.75, 3.05) is 0 Å². The summed E-state index contributed by atoms with van der Waals surface area (Å²) in [5.41, 5.74) is -6.70. The molecule has 0 amide bonds. The Balaban J connectivity index is 3.33. The lowest BCUT2D eigenvalue weighted by Crippen LogP contribution is -2.28. The lowest BCUT2D eigenvalue weighted by atomic mass is 10.3. The summed E-state index contributed by atoms with van der Waals surface area (Å²) in [6.07, 6.45) is 0. The van der Waals surface area contributed by atoms with Crippen LogP contribution in [0, 0.1) is 10.1 Å². The highest BCUT2D eigenvalue weighted by Crippen LogP contribution is 2.37. The Morgan fingerprint density at radius 3 is 2.33 bits per heavy atom. The number of nitro groups is 1. The number of nitro benzene ring substituents is 1. The number of hydrogen-bond donors (Lipinski definition) is 0. The van der Waals surface area contributed by atoms with Crippen molar-refractivity contribution in [2.45, 2.75) is 5.51 Å². The van der Waals surface area contributed by atoms with Crippen LogP contribution >= 0.6 is 11.6 Å². The lowest BCUT2D eigenvalue weighted by Gasteiger charge is -2.10. The molecule has 18 heavy (non-hydrogen) atoms. The fourth-order valence-electron chi connectivity index (χ4n) is 0.881. The number of nitrogens with zero attached hydrogens (tertiary/aromatic N) is 1. The van der Waals surface area contributed by atoms with E-state index in [9.17, 15) is 31.7 Å². The standard InChI is InChI=1S/C7H3ClF3NO5S/c8-4-2-1-3-5(12(13)14)6(4)17-18(15,16)7(9,10)11/h1-3H. The monoisotopic (exact) mass is 305 g/mol. The number of rotatable bonds is 3. The Kier molecular flexibility index (Phi) is 3.72. The molecular formula is C7H3ClF3NO5S. The molecule has 0 aliphatic carbocycles. The van der Waals surface area contributed by atoms with Crippen LogP contribution in [0.4, 0.5) is 18.9 Å². The first kappa shape index (κ1) is 14.5. The molecule has 100 valence electrons. The Bertz CT molecular complexity index is 585. The van der Waals surface area contributed by atoms with Gasteiger partial charge in [-0.05, 0) is 6.07 Å². The van der Waals surface area contributed by atoms with E-state index in [2.05, 4.69) is 4.18 Å². The van der Waals surface area contributed by atoms with Gasteiger partial charge >= 0.3 is 21.3 Å². The fraction of sp³-hybridized carbons (Fsp3) is 0.143. The van der Waals surface area contributed by atoms with Gasteiger partial charge in [-0.15, -0.1) is 0 Å². The minimum absolute atomic E-state index is 0.628. The third-order valence-electron chi connectivity index (χ3n) is 1.62. The lowest BCUT2D eigenvalue weighted by molar-refractivity contribution is -0.385. The number of para-hydroxylation sites is 1. The molecule has 0 atom stereocenters. The molecule has 1 aromatic carbocycles. The second kappa shape index (κ2) is 4.61. The third-order valence-corrected chi connectivity index (χ3v) is 2.87. The van der Waals surface area contributed by atoms with E-state index in [4.69, 9.17) is 11.6 Å². The van der Waals surface area contributed by atoms with E-state index in [1.54, 1.807) is 0 Å². The van der Waals surface area contributed by atoms with Gasteiger partial charge in [-0.3, -0.25) is 10.1 Å². The van der Waals surface area contributed by atoms with Crippen LogP contribution in [0.25, 0.3) is 0 Å². The van der Waals surface area contributed by atoms with Gasteiger partial charge in [0.25, 0.3) is 0 Å². The maximum atomic E-state index is 12.1. The Labute approximate surface area is 103 Å². The molecule has 11 heteroatoms. The average Bonchev–Trinajstić information content (AvgIpc) is 2.18. The van der Waals surface area contributed by atoms with Crippen molar-refractivity contribution < 1.29 is 30.7 Å². The van der Waals surface area contributed by atoms with Gasteiger partial charge in [0.1, 0.15) is 0 Å². The topological polar surface area (TPSA) is 86.5 Å². The molecule has 1 aromatic rings. The maximum absolute atomic E-state index is 12.1. The van der Waals surface area contributed by atoms with Crippen molar-refractivity contribution in [3.05, 3.63) is 33.3 Å². The zero-order valence-corrected chi connectivity index (χ0v) is 9.71. The predicted octanol–water partition coefficient (Wildman–Crippen LogP) is 2.48. The van der Waals surface area contributed by atoms with Gasteiger partial charge in [0, 0.05) is 6.07 Å². The molecule has 0 heterocycles. The number of halogens is 4. The van der Waals surface area contributed by atoms with Crippen LogP contribution in [-0.4, -0.2) is 18.8 Å². The first-order valence-corrected chi connectivity index (χ1v) is 5.78. The minimum Gasteiger partial charge on any atom is -0.367 e. The zero-order chi connectivity index (χ0) is 14.1. The SMILES string of the molecule is O=[N+]([O-])c1cccc(Cl)c1OS(=O)(=O)C(F)(F)F. The summed E-state index contributed by atoms with van der Waals surface area (Å²) < 4.78 is 61.3. The second-order valence-corrected chi connectivity index (χ2v) is 4.77. The molecule has 0 saturated carbocycles. The van der Waals surface area contributed by atoms with Crippen LogP contribution in [0.2, 0.25) is 5.02 Å². The largest absolute Gasteiger partial charge is 0.534 e. The summed E-state index contributed by atoms with van der Waals surface area (Å²) in [6, 6.07) is 2.77. The molecule has 0 fully saturated rings. The quantitative estimate of drug-likeness (QED) is 0.370. The van der Waals surface area contributed by atoms with Crippen LogP contribution in [0.5, 0.6) is 5.75 Å². The van der Waals surface area contributed by atoms with Crippen molar-refractivity contribution in [2.24, 2.45) is 0 Å². The highest BCUT2D eigenvalue weighted by molar-refractivity contribution is 7.88. The predicted molar refractivity (Wildman–Crippen MR) is 53.7 cm³/mol. The first-order valence-electron chi connectivity index (χ1n) is 4.00. The van der Waals surface area contributed by atoms with E-state index in [0.29, 0.717) is 0 Å². The Hall–Kier alpha value is -1.55. The summed E-state index contributed by atoms with van der Waals surface area (Å²) >= 11 is 5.37. The van der Waals surface area contributed by atoms with Gasteiger partial charge < -0.3 is 4.18 Å². The first-order chi connectivity index (χ1) is 8.06. The van der Waals surface area contributed by atoms with Crippen LogP contribution < -0.4 is 4.18 Å². The van der Waals surface area contributed by atoms with E-state index in [1.165, 1.54) is 0 Å². The highest BCUT2D eigenvalue weighted by Gasteiger charge is 2.49. The summed E-state index contributed by atoms with van der Waals surface area (Å²) in [4.78, 5) is 9.38. The molecule has 0 spiro atoms. The molecule has 0 aromatic heterocycles. The minimum atomic E-state index is -6.02.